The second kappa shape index (κ2) is 5.17. The van der Waals surface area contributed by atoms with Gasteiger partial charge < -0.3 is 5.32 Å². The fourth-order valence-corrected chi connectivity index (χ4v) is 0.955. The van der Waals surface area contributed by atoms with E-state index in [1.165, 1.54) is 7.05 Å². The Morgan fingerprint density at radius 2 is 1.50 bits per heavy atom. The lowest BCUT2D eigenvalue weighted by atomic mass is 10.2. The van der Waals surface area contributed by atoms with E-state index in [1.807, 2.05) is 0 Å². The van der Waals surface area contributed by atoms with Gasteiger partial charge in [0.05, 0.1) is 0 Å². The molecule has 0 aliphatic heterocycles. The predicted molar refractivity (Wildman–Crippen MR) is 46.3 cm³/mol. The molecule has 0 atom stereocenters. The number of benzene rings is 1. The van der Waals surface area contributed by atoms with E-state index >= 15 is 0 Å². The van der Waals surface area contributed by atoms with Gasteiger partial charge in [-0.15, -0.1) is 12.4 Å². The molecule has 0 saturated carbocycles. The Labute approximate surface area is 84.5 Å². The van der Waals surface area contributed by atoms with Gasteiger partial charge in [0.15, 0.2) is 23.3 Å². The lowest BCUT2D eigenvalue weighted by Crippen LogP contribution is -2.11. The minimum atomic E-state index is -1.39. The van der Waals surface area contributed by atoms with Gasteiger partial charge in [-0.2, -0.15) is 0 Å². The molecule has 0 fully saturated rings. The van der Waals surface area contributed by atoms with Crippen LogP contribution in [-0.4, -0.2) is 7.05 Å². The molecule has 0 radical (unpaired) electrons. The van der Waals surface area contributed by atoms with Crippen LogP contribution in [0.5, 0.6) is 0 Å². The summed E-state index contributed by atoms with van der Waals surface area (Å²) >= 11 is 0. The first-order valence-electron chi connectivity index (χ1n) is 3.54. The van der Waals surface area contributed by atoms with Crippen LogP contribution in [0.1, 0.15) is 5.56 Å². The average Bonchev–Trinajstić information content (AvgIpc) is 2.09. The number of nitrogens with one attached hydrogen (secondary N) is 1. The molecule has 0 spiro atoms. The molecule has 0 aliphatic rings. The van der Waals surface area contributed by atoms with E-state index in [2.05, 4.69) is 5.32 Å². The Balaban J connectivity index is 0.00000169. The summed E-state index contributed by atoms with van der Waals surface area (Å²) < 4.78 is 50.7. The third-order valence-electron chi connectivity index (χ3n) is 1.56. The molecule has 1 aromatic rings. The first-order chi connectivity index (χ1) is 6.07. The predicted octanol–water partition coefficient (Wildman–Crippen LogP) is 2.38. The van der Waals surface area contributed by atoms with E-state index in [-0.39, 0.29) is 25.0 Å². The van der Waals surface area contributed by atoms with Crippen molar-refractivity contribution < 1.29 is 17.6 Å². The monoisotopic (exact) mass is 229 g/mol. The molecule has 0 amide bonds. The topological polar surface area (TPSA) is 12.0 Å². The van der Waals surface area contributed by atoms with Crippen molar-refractivity contribution in [2.75, 3.05) is 7.05 Å². The van der Waals surface area contributed by atoms with Crippen molar-refractivity contribution in [3.8, 4) is 0 Å². The molecular weight excluding hydrogens is 222 g/mol. The van der Waals surface area contributed by atoms with Crippen LogP contribution in [0, 0.1) is 23.3 Å². The molecule has 1 N–H and O–H groups in total. The fraction of sp³-hybridized carbons (Fsp3) is 0.250. The number of hydrogen-bond acceptors (Lipinski definition) is 1. The van der Waals surface area contributed by atoms with Gasteiger partial charge in [0.25, 0.3) is 0 Å². The normalized spacial score (nSPS) is 9.79. The molecule has 1 aromatic carbocycles. The van der Waals surface area contributed by atoms with Crippen LogP contribution in [0.15, 0.2) is 6.07 Å². The molecular formula is C8H8ClF4N. The van der Waals surface area contributed by atoms with Crippen molar-refractivity contribution >= 4 is 12.4 Å². The molecule has 1 rings (SSSR count). The molecule has 0 heterocycles. The van der Waals surface area contributed by atoms with Crippen LogP contribution >= 0.6 is 12.4 Å². The maximum Gasteiger partial charge on any atom is 0.166 e. The minimum absolute atomic E-state index is 0. The third kappa shape index (κ3) is 2.36. The first kappa shape index (κ1) is 13.2. The van der Waals surface area contributed by atoms with Gasteiger partial charge in [0.2, 0.25) is 0 Å². The van der Waals surface area contributed by atoms with Crippen LogP contribution in [0.3, 0.4) is 0 Å². The molecule has 14 heavy (non-hydrogen) atoms. The van der Waals surface area contributed by atoms with E-state index in [9.17, 15) is 17.6 Å². The van der Waals surface area contributed by atoms with Crippen molar-refractivity contribution in [3.05, 3.63) is 34.9 Å². The Morgan fingerprint density at radius 1 is 1.07 bits per heavy atom. The molecule has 80 valence electrons. The van der Waals surface area contributed by atoms with E-state index in [0.717, 1.165) is 0 Å². The highest BCUT2D eigenvalue weighted by Crippen LogP contribution is 2.18. The van der Waals surface area contributed by atoms with E-state index in [0.29, 0.717) is 0 Å². The molecule has 0 aliphatic carbocycles. The maximum atomic E-state index is 12.8. The van der Waals surface area contributed by atoms with Gasteiger partial charge in [0, 0.05) is 18.2 Å². The highest BCUT2D eigenvalue weighted by atomic mass is 35.5. The Bertz CT molecular complexity index is 303. The van der Waals surface area contributed by atoms with Crippen LogP contribution in [0.25, 0.3) is 0 Å². The van der Waals surface area contributed by atoms with E-state index in [1.54, 1.807) is 0 Å². The second-order valence-electron chi connectivity index (χ2n) is 2.48. The second-order valence-corrected chi connectivity index (χ2v) is 2.48. The summed E-state index contributed by atoms with van der Waals surface area (Å²) in [5.74, 6) is -5.48. The van der Waals surface area contributed by atoms with Crippen molar-refractivity contribution in [1.82, 2.24) is 5.32 Å². The lowest BCUT2D eigenvalue weighted by Gasteiger charge is -2.05. The summed E-state index contributed by atoms with van der Waals surface area (Å²) in [5.41, 5.74) is -0.625. The number of halogens is 5. The average molecular weight is 230 g/mol. The zero-order chi connectivity index (χ0) is 10.0. The van der Waals surface area contributed by atoms with Crippen molar-refractivity contribution in [2.24, 2.45) is 0 Å². The Kier molecular flexibility index (Phi) is 4.87. The molecule has 0 aromatic heterocycles. The molecule has 0 unspecified atom stereocenters. The van der Waals surface area contributed by atoms with Gasteiger partial charge in [-0.05, 0) is 7.05 Å². The minimum Gasteiger partial charge on any atom is -0.315 e. The van der Waals surface area contributed by atoms with Crippen molar-refractivity contribution in [3.63, 3.8) is 0 Å². The van der Waals surface area contributed by atoms with E-state index < -0.39 is 28.8 Å². The third-order valence-corrected chi connectivity index (χ3v) is 1.56. The van der Waals surface area contributed by atoms with Crippen LogP contribution in [0.2, 0.25) is 0 Å². The zero-order valence-electron chi connectivity index (χ0n) is 7.20. The van der Waals surface area contributed by atoms with Gasteiger partial charge in [-0.1, -0.05) is 0 Å². The Morgan fingerprint density at radius 3 is 1.86 bits per heavy atom. The van der Waals surface area contributed by atoms with Crippen LogP contribution in [-0.2, 0) is 6.54 Å². The number of rotatable bonds is 2. The van der Waals surface area contributed by atoms with Gasteiger partial charge in [0.1, 0.15) is 0 Å². The summed E-state index contributed by atoms with van der Waals surface area (Å²) in [7, 11) is 1.42. The summed E-state index contributed by atoms with van der Waals surface area (Å²) in [6.45, 7) is -0.258. The van der Waals surface area contributed by atoms with Crippen molar-refractivity contribution in [1.29, 1.82) is 0 Å². The number of hydrogen-bond donors (Lipinski definition) is 1. The molecule has 1 nitrogen and oxygen atoms in total. The smallest absolute Gasteiger partial charge is 0.166 e. The Hall–Kier alpha value is -0.810. The van der Waals surface area contributed by atoms with Gasteiger partial charge >= 0.3 is 0 Å². The molecule has 0 bridgehead atoms. The quantitative estimate of drug-likeness (QED) is 0.607. The molecule has 0 saturated heterocycles. The molecule has 6 heteroatoms. The van der Waals surface area contributed by atoms with Crippen molar-refractivity contribution in [2.45, 2.75) is 6.54 Å². The lowest BCUT2D eigenvalue weighted by molar-refractivity contribution is 0.435. The highest BCUT2D eigenvalue weighted by Gasteiger charge is 2.17. The summed E-state index contributed by atoms with van der Waals surface area (Å²) in [6, 6.07) is 0.184. The fourth-order valence-electron chi connectivity index (χ4n) is 0.955. The summed E-state index contributed by atoms with van der Waals surface area (Å²) in [6.07, 6.45) is 0. The highest BCUT2D eigenvalue weighted by molar-refractivity contribution is 5.85. The first-order valence-corrected chi connectivity index (χ1v) is 3.54. The van der Waals surface area contributed by atoms with Crippen LogP contribution in [0.4, 0.5) is 17.6 Å². The van der Waals surface area contributed by atoms with Gasteiger partial charge in [-0.25, -0.2) is 17.6 Å². The van der Waals surface area contributed by atoms with Gasteiger partial charge in [-0.3, -0.25) is 0 Å². The SMILES string of the molecule is CNCc1c(F)c(F)cc(F)c1F.Cl. The largest absolute Gasteiger partial charge is 0.315 e. The summed E-state index contributed by atoms with van der Waals surface area (Å²) in [4.78, 5) is 0. The zero-order valence-corrected chi connectivity index (χ0v) is 8.02. The standard InChI is InChI=1S/C8H7F4N.ClH/c1-13-3-4-7(11)5(9)2-6(10)8(4)12;/h2,13H,3H2,1H3;1H. The maximum absolute atomic E-state index is 12.8. The summed E-state index contributed by atoms with van der Waals surface area (Å²) in [5, 5.41) is 2.41. The van der Waals surface area contributed by atoms with Crippen LogP contribution < -0.4 is 5.32 Å². The van der Waals surface area contributed by atoms with E-state index in [4.69, 9.17) is 0 Å².